The minimum atomic E-state index is -0.270. The van der Waals surface area contributed by atoms with Gasteiger partial charge in [0.1, 0.15) is 11.5 Å². The number of benzene rings is 2. The van der Waals surface area contributed by atoms with E-state index in [9.17, 15) is 5.26 Å². The van der Waals surface area contributed by atoms with Gasteiger partial charge in [-0.05, 0) is 11.6 Å². The Morgan fingerprint density at radius 2 is 1.71 bits per heavy atom. The Morgan fingerprint density at radius 1 is 1.00 bits per heavy atom. The molecule has 0 aliphatic rings. The molecule has 108 valence electrons. The summed E-state index contributed by atoms with van der Waals surface area (Å²) in [5, 5.41) is 9.62. The molecule has 0 aliphatic heterocycles. The van der Waals surface area contributed by atoms with E-state index in [1.165, 1.54) is 0 Å². The van der Waals surface area contributed by atoms with E-state index in [4.69, 9.17) is 9.47 Å². The topological polar surface area (TPSA) is 42.2 Å². The van der Waals surface area contributed by atoms with Crippen molar-refractivity contribution in [3.05, 3.63) is 59.7 Å². The average molecular weight is 281 g/mol. The summed E-state index contributed by atoms with van der Waals surface area (Å²) in [4.78, 5) is 0. The van der Waals surface area contributed by atoms with Crippen LogP contribution >= 0.6 is 0 Å². The Hall–Kier alpha value is -2.47. The van der Waals surface area contributed by atoms with Crippen molar-refractivity contribution in [2.24, 2.45) is 0 Å². The van der Waals surface area contributed by atoms with Gasteiger partial charge in [-0.2, -0.15) is 5.26 Å². The predicted octanol–water partition coefficient (Wildman–Crippen LogP) is 4.11. The van der Waals surface area contributed by atoms with Crippen molar-refractivity contribution in [3.8, 4) is 17.6 Å². The van der Waals surface area contributed by atoms with Crippen molar-refractivity contribution >= 4 is 0 Å². The SMILES string of the molecule is COc1ccc(C(C#N)C(C)c2ccccc2)c(OC)c1. The molecule has 2 unspecified atom stereocenters. The van der Waals surface area contributed by atoms with E-state index < -0.39 is 0 Å². The lowest BCUT2D eigenvalue weighted by Gasteiger charge is -2.21. The molecule has 0 bridgehead atoms. The van der Waals surface area contributed by atoms with Crippen LogP contribution in [0.25, 0.3) is 0 Å². The van der Waals surface area contributed by atoms with Gasteiger partial charge in [0.05, 0.1) is 26.2 Å². The molecule has 0 amide bonds. The van der Waals surface area contributed by atoms with Gasteiger partial charge in [-0.25, -0.2) is 0 Å². The van der Waals surface area contributed by atoms with Gasteiger partial charge in [0.2, 0.25) is 0 Å². The molecule has 0 saturated heterocycles. The lowest BCUT2D eigenvalue weighted by atomic mass is 9.83. The van der Waals surface area contributed by atoms with Crippen LogP contribution in [0.1, 0.15) is 29.9 Å². The lowest BCUT2D eigenvalue weighted by Crippen LogP contribution is -2.08. The second-order valence-corrected chi connectivity index (χ2v) is 4.91. The quantitative estimate of drug-likeness (QED) is 0.828. The molecule has 3 heteroatoms. The zero-order valence-electron chi connectivity index (χ0n) is 12.5. The van der Waals surface area contributed by atoms with E-state index in [1.54, 1.807) is 14.2 Å². The molecule has 0 N–H and O–H groups in total. The van der Waals surface area contributed by atoms with Crippen LogP contribution in [-0.4, -0.2) is 14.2 Å². The lowest BCUT2D eigenvalue weighted by molar-refractivity contribution is 0.389. The molecule has 2 aromatic rings. The number of ether oxygens (including phenoxy) is 2. The third-order valence-corrected chi connectivity index (χ3v) is 3.74. The highest BCUT2D eigenvalue weighted by molar-refractivity contribution is 5.46. The van der Waals surface area contributed by atoms with E-state index >= 15 is 0 Å². The summed E-state index contributed by atoms with van der Waals surface area (Å²) in [7, 11) is 3.22. The third kappa shape index (κ3) is 3.17. The van der Waals surface area contributed by atoms with Crippen LogP contribution < -0.4 is 9.47 Å². The van der Waals surface area contributed by atoms with Gasteiger partial charge in [-0.1, -0.05) is 43.3 Å². The maximum atomic E-state index is 9.62. The maximum Gasteiger partial charge on any atom is 0.127 e. The van der Waals surface area contributed by atoms with Gasteiger partial charge in [-0.3, -0.25) is 0 Å². The number of rotatable bonds is 5. The molecule has 0 aromatic heterocycles. The van der Waals surface area contributed by atoms with Gasteiger partial charge in [-0.15, -0.1) is 0 Å². The molecular formula is C18H19NO2. The van der Waals surface area contributed by atoms with E-state index in [0.717, 1.165) is 16.9 Å². The molecule has 0 fully saturated rings. The molecule has 0 radical (unpaired) electrons. The molecule has 0 saturated carbocycles. The zero-order valence-corrected chi connectivity index (χ0v) is 12.5. The number of hydrogen-bond acceptors (Lipinski definition) is 3. The minimum absolute atomic E-state index is 0.0819. The maximum absolute atomic E-state index is 9.62. The highest BCUT2D eigenvalue weighted by atomic mass is 16.5. The molecule has 21 heavy (non-hydrogen) atoms. The van der Waals surface area contributed by atoms with Gasteiger partial charge in [0.15, 0.2) is 0 Å². The Labute approximate surface area is 125 Å². The Morgan fingerprint density at radius 3 is 2.29 bits per heavy atom. The van der Waals surface area contributed by atoms with Crippen molar-refractivity contribution < 1.29 is 9.47 Å². The molecule has 2 aromatic carbocycles. The summed E-state index contributed by atoms with van der Waals surface area (Å²) in [6.07, 6.45) is 0. The highest BCUT2D eigenvalue weighted by Gasteiger charge is 2.24. The van der Waals surface area contributed by atoms with Crippen molar-refractivity contribution in [2.75, 3.05) is 14.2 Å². The Balaban J connectivity index is 2.40. The van der Waals surface area contributed by atoms with Crippen molar-refractivity contribution in [1.82, 2.24) is 0 Å². The normalized spacial score (nSPS) is 13.0. The molecule has 2 atom stereocenters. The fourth-order valence-corrected chi connectivity index (χ4v) is 2.48. The smallest absolute Gasteiger partial charge is 0.127 e. The zero-order chi connectivity index (χ0) is 15.2. The minimum Gasteiger partial charge on any atom is -0.497 e. The number of nitriles is 1. The Bertz CT molecular complexity index is 631. The number of hydrogen-bond donors (Lipinski definition) is 0. The van der Waals surface area contributed by atoms with Crippen LogP contribution in [-0.2, 0) is 0 Å². The fraction of sp³-hybridized carbons (Fsp3) is 0.278. The van der Waals surface area contributed by atoms with Crippen LogP contribution in [0, 0.1) is 11.3 Å². The molecule has 0 heterocycles. The largest absolute Gasteiger partial charge is 0.497 e. The molecule has 0 aliphatic carbocycles. The summed E-state index contributed by atoms with van der Waals surface area (Å²) in [6, 6.07) is 18.0. The number of nitrogens with zero attached hydrogens (tertiary/aromatic N) is 1. The molecule has 0 spiro atoms. The summed E-state index contributed by atoms with van der Waals surface area (Å²) in [5.74, 6) is 1.22. The Kier molecular flexibility index (Phi) is 4.84. The van der Waals surface area contributed by atoms with Gasteiger partial charge < -0.3 is 9.47 Å². The first kappa shape index (κ1) is 14.9. The monoisotopic (exact) mass is 281 g/mol. The van der Waals surface area contributed by atoms with Crippen molar-refractivity contribution in [1.29, 1.82) is 5.26 Å². The first-order valence-electron chi connectivity index (χ1n) is 6.87. The predicted molar refractivity (Wildman–Crippen MR) is 82.8 cm³/mol. The molecule has 3 nitrogen and oxygen atoms in total. The van der Waals surface area contributed by atoms with Crippen LogP contribution in [0.5, 0.6) is 11.5 Å². The van der Waals surface area contributed by atoms with Crippen LogP contribution in [0.4, 0.5) is 0 Å². The van der Waals surface area contributed by atoms with Gasteiger partial charge >= 0.3 is 0 Å². The third-order valence-electron chi connectivity index (χ3n) is 3.74. The summed E-state index contributed by atoms with van der Waals surface area (Å²) < 4.78 is 10.6. The van der Waals surface area contributed by atoms with Gasteiger partial charge in [0, 0.05) is 17.5 Å². The van der Waals surface area contributed by atoms with Gasteiger partial charge in [0.25, 0.3) is 0 Å². The molecular weight excluding hydrogens is 262 g/mol. The van der Waals surface area contributed by atoms with E-state index in [1.807, 2.05) is 48.5 Å². The molecule has 2 rings (SSSR count). The summed E-state index contributed by atoms with van der Waals surface area (Å²) in [5.41, 5.74) is 2.03. The van der Waals surface area contributed by atoms with Crippen molar-refractivity contribution in [2.45, 2.75) is 18.8 Å². The average Bonchev–Trinajstić information content (AvgIpc) is 2.56. The van der Waals surface area contributed by atoms with E-state index in [2.05, 4.69) is 13.0 Å². The van der Waals surface area contributed by atoms with Crippen LogP contribution in [0.2, 0.25) is 0 Å². The highest BCUT2D eigenvalue weighted by Crippen LogP contribution is 2.38. The second kappa shape index (κ2) is 6.81. The fourth-order valence-electron chi connectivity index (χ4n) is 2.48. The first-order valence-corrected chi connectivity index (χ1v) is 6.87. The standard InChI is InChI=1S/C18H19NO2/c1-13(14-7-5-4-6-8-14)17(12-19)16-10-9-15(20-2)11-18(16)21-3/h4-11,13,17H,1-3H3. The summed E-state index contributed by atoms with van der Waals surface area (Å²) in [6.45, 7) is 2.06. The first-order chi connectivity index (χ1) is 10.2. The van der Waals surface area contributed by atoms with Crippen LogP contribution in [0.3, 0.4) is 0 Å². The van der Waals surface area contributed by atoms with E-state index in [0.29, 0.717) is 5.75 Å². The summed E-state index contributed by atoms with van der Waals surface area (Å²) >= 11 is 0. The second-order valence-electron chi connectivity index (χ2n) is 4.91. The van der Waals surface area contributed by atoms with Crippen molar-refractivity contribution in [3.63, 3.8) is 0 Å². The number of methoxy groups -OCH3 is 2. The van der Waals surface area contributed by atoms with E-state index in [-0.39, 0.29) is 11.8 Å². The van der Waals surface area contributed by atoms with Crippen LogP contribution in [0.15, 0.2) is 48.5 Å².